The van der Waals surface area contributed by atoms with Crippen molar-refractivity contribution in [1.82, 2.24) is 0 Å². The van der Waals surface area contributed by atoms with E-state index in [1.54, 1.807) is 0 Å². The summed E-state index contributed by atoms with van der Waals surface area (Å²) in [5, 5.41) is 47.4. The molecule has 0 bridgehead atoms. The van der Waals surface area contributed by atoms with E-state index in [0.29, 0.717) is 5.56 Å². The molecule has 2 rings (SSSR count). The van der Waals surface area contributed by atoms with Crippen molar-refractivity contribution in [3.63, 3.8) is 0 Å². The van der Waals surface area contributed by atoms with Crippen molar-refractivity contribution in [2.45, 2.75) is 43.2 Å². The highest BCUT2D eigenvalue weighted by atomic mass is 16.7. The third-order valence-corrected chi connectivity index (χ3v) is 4.06. The number of carbonyl (C=O) groups is 2. The third kappa shape index (κ3) is 4.64. The van der Waals surface area contributed by atoms with E-state index in [1.165, 1.54) is 25.3 Å². The molecule has 0 spiro atoms. The first-order valence-corrected chi connectivity index (χ1v) is 7.90. The maximum Gasteiger partial charge on any atom is 0.335 e. The van der Waals surface area contributed by atoms with E-state index in [4.69, 9.17) is 30.2 Å². The van der Waals surface area contributed by atoms with Crippen molar-refractivity contribution in [3.8, 4) is 11.5 Å². The van der Waals surface area contributed by atoms with Crippen LogP contribution in [0, 0.1) is 0 Å². The zero-order chi connectivity index (χ0) is 20.3. The number of ether oxygens (including phenoxy) is 3. The number of carboxylic acids is 2. The molecule has 0 aromatic heterocycles. The van der Waals surface area contributed by atoms with Crippen molar-refractivity contribution >= 4 is 11.9 Å². The van der Waals surface area contributed by atoms with Gasteiger partial charge < -0.3 is 45.5 Å². The van der Waals surface area contributed by atoms with Gasteiger partial charge in [0.15, 0.2) is 17.6 Å². The summed E-state index contributed by atoms with van der Waals surface area (Å²) in [7, 11) is 1.32. The molecule has 0 aliphatic carbocycles. The second kappa shape index (κ2) is 8.50. The summed E-state index contributed by atoms with van der Waals surface area (Å²) in [4.78, 5) is 22.0. The molecule has 0 radical (unpaired) electrons. The molecule has 11 nitrogen and oxygen atoms in total. The fraction of sp³-hybridized carbons (Fsp3) is 0.500. The number of aliphatic hydroxyl groups is 3. The Hall–Kier alpha value is -2.44. The van der Waals surface area contributed by atoms with Gasteiger partial charge >= 0.3 is 11.9 Å². The van der Waals surface area contributed by atoms with Crippen LogP contribution in [-0.4, -0.2) is 81.3 Å². The molecular formula is C16H21NO10. The molecule has 150 valence electrons. The van der Waals surface area contributed by atoms with Crippen LogP contribution >= 0.6 is 0 Å². The van der Waals surface area contributed by atoms with E-state index in [2.05, 4.69) is 0 Å². The monoisotopic (exact) mass is 387 g/mol. The van der Waals surface area contributed by atoms with Crippen LogP contribution in [0.25, 0.3) is 0 Å². The molecule has 7 N–H and O–H groups in total. The SMILES string of the molecule is COc1cc(CC(N)C(=O)O)ccc1OC1OC(C(=O)O)C(O)C(O)C1O. The van der Waals surface area contributed by atoms with E-state index < -0.39 is 48.7 Å². The lowest BCUT2D eigenvalue weighted by Crippen LogP contribution is -2.61. The molecular weight excluding hydrogens is 366 g/mol. The first-order valence-electron chi connectivity index (χ1n) is 7.90. The first kappa shape index (κ1) is 20.9. The summed E-state index contributed by atoms with van der Waals surface area (Å²) in [5.74, 6) is -2.51. The minimum Gasteiger partial charge on any atom is -0.493 e. The highest BCUT2D eigenvalue weighted by molar-refractivity contribution is 5.74. The van der Waals surface area contributed by atoms with Crippen LogP contribution in [0.5, 0.6) is 11.5 Å². The van der Waals surface area contributed by atoms with Gasteiger partial charge in [0.2, 0.25) is 6.29 Å². The minimum atomic E-state index is -1.83. The van der Waals surface area contributed by atoms with Gasteiger partial charge in [-0.25, -0.2) is 4.79 Å². The van der Waals surface area contributed by atoms with E-state index in [9.17, 15) is 24.9 Å². The molecule has 1 fully saturated rings. The fourth-order valence-electron chi connectivity index (χ4n) is 2.55. The molecule has 1 aromatic carbocycles. The van der Waals surface area contributed by atoms with Gasteiger partial charge in [-0.15, -0.1) is 0 Å². The van der Waals surface area contributed by atoms with Crippen LogP contribution in [0.1, 0.15) is 5.56 Å². The Kier molecular flexibility index (Phi) is 6.57. The average molecular weight is 387 g/mol. The number of nitrogens with two attached hydrogens (primary N) is 1. The number of rotatable bonds is 7. The van der Waals surface area contributed by atoms with Gasteiger partial charge in [0, 0.05) is 0 Å². The highest BCUT2D eigenvalue weighted by Gasteiger charge is 2.48. The normalized spacial score (nSPS) is 29.0. The highest BCUT2D eigenvalue weighted by Crippen LogP contribution is 2.32. The van der Waals surface area contributed by atoms with Crippen LogP contribution in [0.2, 0.25) is 0 Å². The lowest BCUT2D eigenvalue weighted by atomic mass is 9.99. The van der Waals surface area contributed by atoms with Gasteiger partial charge in [-0.2, -0.15) is 0 Å². The van der Waals surface area contributed by atoms with E-state index in [0.717, 1.165) is 0 Å². The summed E-state index contributed by atoms with van der Waals surface area (Å²) in [5.41, 5.74) is 6.03. The van der Waals surface area contributed by atoms with Crippen LogP contribution in [0.15, 0.2) is 18.2 Å². The molecule has 0 amide bonds. The summed E-state index contributed by atoms with van der Waals surface area (Å²) in [6.07, 6.45) is -8.72. The second-order valence-corrected chi connectivity index (χ2v) is 5.99. The molecule has 0 saturated carbocycles. The molecule has 1 aliphatic heterocycles. The van der Waals surface area contributed by atoms with Crippen LogP contribution in [0.4, 0.5) is 0 Å². The van der Waals surface area contributed by atoms with Gasteiger partial charge in [-0.3, -0.25) is 4.79 Å². The van der Waals surface area contributed by atoms with E-state index >= 15 is 0 Å². The van der Waals surface area contributed by atoms with E-state index in [1.807, 2.05) is 0 Å². The largest absolute Gasteiger partial charge is 0.493 e. The Morgan fingerprint density at radius 1 is 1.15 bits per heavy atom. The van der Waals surface area contributed by atoms with Crippen molar-refractivity contribution in [3.05, 3.63) is 23.8 Å². The number of hydrogen-bond acceptors (Lipinski definition) is 9. The van der Waals surface area contributed by atoms with Gasteiger partial charge in [0.1, 0.15) is 24.4 Å². The zero-order valence-corrected chi connectivity index (χ0v) is 14.3. The molecule has 11 heteroatoms. The molecule has 1 aromatic rings. The smallest absolute Gasteiger partial charge is 0.335 e. The Morgan fingerprint density at radius 2 is 1.81 bits per heavy atom. The van der Waals surface area contributed by atoms with Gasteiger partial charge in [-0.05, 0) is 24.1 Å². The first-order chi connectivity index (χ1) is 12.6. The van der Waals surface area contributed by atoms with Crippen LogP contribution in [0.3, 0.4) is 0 Å². The maximum atomic E-state index is 11.1. The number of carboxylic acid groups (broad SMARTS) is 2. The number of aliphatic hydroxyl groups excluding tert-OH is 3. The number of benzene rings is 1. The fourth-order valence-corrected chi connectivity index (χ4v) is 2.55. The predicted octanol–water partition coefficient (Wildman–Crippen LogP) is -2.08. The van der Waals surface area contributed by atoms with Crippen LogP contribution in [-0.2, 0) is 20.7 Å². The summed E-state index contributed by atoms with van der Waals surface area (Å²) >= 11 is 0. The molecule has 6 unspecified atom stereocenters. The van der Waals surface area contributed by atoms with Crippen LogP contribution < -0.4 is 15.2 Å². The lowest BCUT2D eigenvalue weighted by molar-refractivity contribution is -0.271. The molecule has 1 saturated heterocycles. The molecule has 27 heavy (non-hydrogen) atoms. The number of hydrogen-bond donors (Lipinski definition) is 6. The maximum absolute atomic E-state index is 11.1. The van der Waals surface area contributed by atoms with Crippen molar-refractivity contribution in [1.29, 1.82) is 0 Å². The lowest BCUT2D eigenvalue weighted by Gasteiger charge is -2.38. The quantitative estimate of drug-likeness (QED) is 0.301. The topological polar surface area (TPSA) is 189 Å². The van der Waals surface area contributed by atoms with E-state index in [-0.39, 0.29) is 17.9 Å². The van der Waals surface area contributed by atoms with Gasteiger partial charge in [-0.1, -0.05) is 6.07 Å². The predicted molar refractivity (Wildman–Crippen MR) is 87.3 cm³/mol. The summed E-state index contributed by atoms with van der Waals surface area (Å²) in [6, 6.07) is 3.26. The Labute approximate surface area is 153 Å². The Bertz CT molecular complexity index is 696. The van der Waals surface area contributed by atoms with Gasteiger partial charge in [0.05, 0.1) is 7.11 Å². The summed E-state index contributed by atoms with van der Waals surface area (Å²) in [6.45, 7) is 0. The Balaban J connectivity index is 2.20. The molecule has 6 atom stereocenters. The summed E-state index contributed by atoms with van der Waals surface area (Å²) < 4.78 is 15.6. The van der Waals surface area contributed by atoms with Crippen molar-refractivity contribution in [2.75, 3.05) is 7.11 Å². The molecule has 1 heterocycles. The van der Waals surface area contributed by atoms with Crippen molar-refractivity contribution in [2.24, 2.45) is 5.73 Å². The van der Waals surface area contributed by atoms with Gasteiger partial charge in [0.25, 0.3) is 0 Å². The Morgan fingerprint density at radius 3 is 2.37 bits per heavy atom. The number of aliphatic carboxylic acids is 2. The third-order valence-electron chi connectivity index (χ3n) is 4.06. The number of methoxy groups -OCH3 is 1. The zero-order valence-electron chi connectivity index (χ0n) is 14.3. The second-order valence-electron chi connectivity index (χ2n) is 5.99. The van der Waals surface area contributed by atoms with Crippen molar-refractivity contribution < 1.29 is 49.3 Å². The molecule has 1 aliphatic rings. The average Bonchev–Trinajstić information content (AvgIpc) is 2.62. The standard InChI is InChI=1S/C16H21NO10/c1-25-9-5-6(4-7(17)14(21)22)2-3-8(9)26-16-12(20)10(18)11(19)13(27-16)15(23)24/h2-3,5,7,10-13,16,18-20H,4,17H2,1H3,(H,21,22)(H,23,24). The minimum absolute atomic E-state index is 0.0283.